The van der Waals surface area contributed by atoms with Crippen molar-refractivity contribution in [1.29, 1.82) is 5.26 Å². The third-order valence-corrected chi connectivity index (χ3v) is 3.69. The summed E-state index contributed by atoms with van der Waals surface area (Å²) < 4.78 is 14.7. The molecule has 0 saturated carbocycles. The summed E-state index contributed by atoms with van der Waals surface area (Å²) in [6.45, 7) is 2.55. The zero-order valence-electron chi connectivity index (χ0n) is 10.4. The van der Waals surface area contributed by atoms with Crippen LogP contribution in [0.5, 0.6) is 0 Å². The van der Waals surface area contributed by atoms with Crippen LogP contribution in [0.3, 0.4) is 0 Å². The Morgan fingerprint density at radius 1 is 1.26 bits per heavy atom. The Kier molecular flexibility index (Phi) is 4.18. The van der Waals surface area contributed by atoms with E-state index in [1.165, 1.54) is 6.07 Å². The molecule has 0 aliphatic carbocycles. The minimum absolute atomic E-state index is 0.322. The monoisotopic (exact) mass is 318 g/mol. The van der Waals surface area contributed by atoms with Gasteiger partial charge in [-0.05, 0) is 42.3 Å². The fraction of sp³-hybridized carbons (Fsp3) is 0.133. The fourth-order valence-electron chi connectivity index (χ4n) is 1.74. The van der Waals surface area contributed by atoms with Gasteiger partial charge in [-0.3, -0.25) is 0 Å². The van der Waals surface area contributed by atoms with Gasteiger partial charge in [-0.1, -0.05) is 28.1 Å². The smallest absolute Gasteiger partial charge is 0.147 e. The molecule has 0 saturated heterocycles. The Morgan fingerprint density at radius 2 is 2.05 bits per heavy atom. The first kappa shape index (κ1) is 13.6. The van der Waals surface area contributed by atoms with E-state index in [-0.39, 0.29) is 0 Å². The molecule has 0 amide bonds. The zero-order valence-corrected chi connectivity index (χ0v) is 12.0. The summed E-state index contributed by atoms with van der Waals surface area (Å²) in [5.74, 6) is -0.409. The third kappa shape index (κ3) is 3.33. The molecule has 19 heavy (non-hydrogen) atoms. The molecule has 4 heteroatoms. The van der Waals surface area contributed by atoms with Crippen molar-refractivity contribution in [3.05, 3.63) is 63.4 Å². The quantitative estimate of drug-likeness (QED) is 0.911. The average Bonchev–Trinajstić information content (AvgIpc) is 2.41. The van der Waals surface area contributed by atoms with Crippen LogP contribution in [0.2, 0.25) is 0 Å². The van der Waals surface area contributed by atoms with Crippen LogP contribution >= 0.6 is 15.9 Å². The first-order chi connectivity index (χ1) is 9.10. The third-order valence-electron chi connectivity index (χ3n) is 2.80. The molecule has 0 aliphatic rings. The number of hydrogen-bond donors (Lipinski definition) is 1. The highest BCUT2D eigenvalue weighted by molar-refractivity contribution is 9.10. The molecule has 0 spiro atoms. The summed E-state index contributed by atoms with van der Waals surface area (Å²) in [6.07, 6.45) is 0. The molecule has 0 aliphatic heterocycles. The molecule has 1 N–H and O–H groups in total. The number of halogens is 2. The molecule has 2 aromatic carbocycles. The molecule has 0 aromatic heterocycles. The number of rotatable bonds is 3. The molecular formula is C15H12BrFN2. The van der Waals surface area contributed by atoms with Gasteiger partial charge in [0.1, 0.15) is 5.82 Å². The van der Waals surface area contributed by atoms with Crippen LogP contribution in [0.1, 0.15) is 16.7 Å². The van der Waals surface area contributed by atoms with Crippen LogP contribution in [-0.2, 0) is 6.54 Å². The van der Waals surface area contributed by atoms with E-state index in [2.05, 4.69) is 21.2 Å². The highest BCUT2D eigenvalue weighted by Crippen LogP contribution is 2.19. The lowest BCUT2D eigenvalue weighted by atomic mass is 10.1. The van der Waals surface area contributed by atoms with Crippen LogP contribution in [0, 0.1) is 24.1 Å². The van der Waals surface area contributed by atoms with Crippen molar-refractivity contribution in [2.24, 2.45) is 0 Å². The lowest BCUT2D eigenvalue weighted by Crippen LogP contribution is -2.02. The number of hydrogen-bond acceptors (Lipinski definition) is 2. The maximum atomic E-state index is 13.7. The predicted octanol–water partition coefficient (Wildman–Crippen LogP) is 4.38. The van der Waals surface area contributed by atoms with Crippen molar-refractivity contribution in [1.82, 2.24) is 0 Å². The van der Waals surface area contributed by atoms with Crippen LogP contribution in [0.4, 0.5) is 10.1 Å². The van der Waals surface area contributed by atoms with E-state index in [1.54, 1.807) is 12.1 Å². The summed E-state index contributed by atoms with van der Waals surface area (Å²) in [4.78, 5) is 0. The molecule has 0 unspecified atom stereocenters. The first-order valence-corrected chi connectivity index (χ1v) is 6.58. The van der Waals surface area contributed by atoms with Crippen LogP contribution in [0.25, 0.3) is 0 Å². The SMILES string of the molecule is Cc1cc(CNc2ccc(C#N)cc2F)ccc1Br. The molecular weight excluding hydrogens is 307 g/mol. The Hall–Kier alpha value is -1.86. The van der Waals surface area contributed by atoms with Gasteiger partial charge in [0, 0.05) is 11.0 Å². The van der Waals surface area contributed by atoms with Crippen molar-refractivity contribution < 1.29 is 4.39 Å². The number of nitrogens with zero attached hydrogens (tertiary/aromatic N) is 1. The van der Waals surface area contributed by atoms with E-state index < -0.39 is 5.82 Å². The number of nitriles is 1. The van der Waals surface area contributed by atoms with E-state index in [1.807, 2.05) is 31.2 Å². The topological polar surface area (TPSA) is 35.8 Å². The molecule has 2 aromatic rings. The normalized spacial score (nSPS) is 10.0. The van der Waals surface area contributed by atoms with Gasteiger partial charge in [0.25, 0.3) is 0 Å². The lowest BCUT2D eigenvalue weighted by Gasteiger charge is -2.09. The minimum Gasteiger partial charge on any atom is -0.379 e. The molecule has 0 heterocycles. The Morgan fingerprint density at radius 3 is 2.68 bits per heavy atom. The Labute approximate surface area is 120 Å². The van der Waals surface area contributed by atoms with E-state index in [0.717, 1.165) is 15.6 Å². The summed E-state index contributed by atoms with van der Waals surface area (Å²) in [5, 5.41) is 11.7. The summed E-state index contributed by atoms with van der Waals surface area (Å²) in [7, 11) is 0. The van der Waals surface area contributed by atoms with Gasteiger partial charge in [-0.2, -0.15) is 5.26 Å². The van der Waals surface area contributed by atoms with E-state index >= 15 is 0 Å². The van der Waals surface area contributed by atoms with Gasteiger partial charge >= 0.3 is 0 Å². The predicted molar refractivity (Wildman–Crippen MR) is 77.3 cm³/mol. The summed E-state index contributed by atoms with van der Waals surface area (Å²) in [6, 6.07) is 12.3. The molecule has 96 valence electrons. The maximum absolute atomic E-state index is 13.7. The number of nitrogens with one attached hydrogen (secondary N) is 1. The second-order valence-corrected chi connectivity index (χ2v) is 5.10. The van der Waals surface area contributed by atoms with E-state index in [0.29, 0.717) is 17.8 Å². The van der Waals surface area contributed by atoms with Crippen LogP contribution < -0.4 is 5.32 Å². The molecule has 0 fully saturated rings. The number of aryl methyl sites for hydroxylation is 1. The van der Waals surface area contributed by atoms with Crippen LogP contribution in [0.15, 0.2) is 40.9 Å². The van der Waals surface area contributed by atoms with Crippen molar-refractivity contribution in [3.8, 4) is 6.07 Å². The van der Waals surface area contributed by atoms with Crippen molar-refractivity contribution in [2.45, 2.75) is 13.5 Å². The van der Waals surface area contributed by atoms with Gasteiger partial charge < -0.3 is 5.32 Å². The lowest BCUT2D eigenvalue weighted by molar-refractivity contribution is 0.629. The van der Waals surface area contributed by atoms with Crippen LogP contribution in [-0.4, -0.2) is 0 Å². The number of benzene rings is 2. The minimum atomic E-state index is -0.409. The summed E-state index contributed by atoms with van der Waals surface area (Å²) >= 11 is 3.44. The Bertz CT molecular complexity index is 647. The highest BCUT2D eigenvalue weighted by atomic mass is 79.9. The van der Waals surface area contributed by atoms with Gasteiger partial charge in [0.2, 0.25) is 0 Å². The fourth-order valence-corrected chi connectivity index (χ4v) is 1.99. The van der Waals surface area contributed by atoms with E-state index in [9.17, 15) is 4.39 Å². The van der Waals surface area contributed by atoms with Crippen molar-refractivity contribution >= 4 is 21.6 Å². The second-order valence-electron chi connectivity index (χ2n) is 4.24. The second kappa shape index (κ2) is 5.85. The molecule has 2 rings (SSSR count). The maximum Gasteiger partial charge on any atom is 0.147 e. The zero-order chi connectivity index (χ0) is 13.8. The van der Waals surface area contributed by atoms with E-state index in [4.69, 9.17) is 5.26 Å². The number of anilines is 1. The highest BCUT2D eigenvalue weighted by Gasteiger charge is 2.04. The Balaban J connectivity index is 2.10. The van der Waals surface area contributed by atoms with Crippen molar-refractivity contribution in [2.75, 3.05) is 5.32 Å². The largest absolute Gasteiger partial charge is 0.379 e. The van der Waals surface area contributed by atoms with Gasteiger partial charge in [0.15, 0.2) is 0 Å². The van der Waals surface area contributed by atoms with Gasteiger partial charge in [0.05, 0.1) is 17.3 Å². The van der Waals surface area contributed by atoms with Gasteiger partial charge in [-0.15, -0.1) is 0 Å². The molecule has 0 atom stereocenters. The van der Waals surface area contributed by atoms with Crippen molar-refractivity contribution in [3.63, 3.8) is 0 Å². The molecule has 2 nitrogen and oxygen atoms in total. The first-order valence-electron chi connectivity index (χ1n) is 5.78. The summed E-state index contributed by atoms with van der Waals surface area (Å²) in [5.41, 5.74) is 2.94. The average molecular weight is 319 g/mol. The van der Waals surface area contributed by atoms with Gasteiger partial charge in [-0.25, -0.2) is 4.39 Å². The molecule has 0 radical (unpaired) electrons. The molecule has 0 bridgehead atoms. The standard InChI is InChI=1S/C15H12BrFN2/c1-10-6-12(2-4-13(10)16)9-19-15-5-3-11(8-18)7-14(15)17/h2-7,19H,9H2,1H3.